The van der Waals surface area contributed by atoms with E-state index in [0.717, 1.165) is 10.9 Å². The SMILES string of the molecule is CN(C)C(=O)c1cccc(CC(OC[C@H]2O[C@@](C)(n3cnc4c(N)nc(Cl)nc43)[C@@H](F)[C@@H]2O)(C(=O)O)C(=O)O)c1. The number of benzene rings is 1. The number of halogens is 2. The van der Waals surface area contributed by atoms with Gasteiger partial charge < -0.3 is 35.4 Å². The molecule has 0 radical (unpaired) electrons. The number of fused-ring (bicyclic) bond motifs is 1. The molecule has 5 N–H and O–H groups in total. The average molecular weight is 581 g/mol. The molecule has 1 aliphatic heterocycles. The molecule has 0 aliphatic carbocycles. The normalized spacial score (nSPS) is 22.9. The lowest BCUT2D eigenvalue weighted by Gasteiger charge is -2.29. The number of nitrogens with zero attached hydrogens (tertiary/aromatic N) is 5. The number of carboxylic acid groups (broad SMARTS) is 2. The van der Waals surface area contributed by atoms with Crippen molar-refractivity contribution in [1.82, 2.24) is 24.4 Å². The Bertz CT molecular complexity index is 1470. The van der Waals surface area contributed by atoms with Crippen LogP contribution < -0.4 is 5.73 Å². The van der Waals surface area contributed by atoms with Gasteiger partial charge in [0, 0.05) is 26.1 Å². The maximum absolute atomic E-state index is 15.5. The molecule has 0 saturated carbocycles. The highest BCUT2D eigenvalue weighted by molar-refractivity contribution is 6.28. The molecular weight excluding hydrogens is 555 g/mol. The van der Waals surface area contributed by atoms with Gasteiger partial charge in [0.25, 0.3) is 11.5 Å². The van der Waals surface area contributed by atoms with E-state index in [4.69, 9.17) is 26.8 Å². The number of carboxylic acids is 2. The number of aliphatic carboxylic acids is 2. The van der Waals surface area contributed by atoms with E-state index in [0.29, 0.717) is 0 Å². The highest BCUT2D eigenvalue weighted by Crippen LogP contribution is 2.40. The number of carbonyl (C=O) groups is 3. The third-order valence-corrected chi connectivity index (χ3v) is 6.84. The lowest BCUT2D eigenvalue weighted by atomic mass is 9.93. The van der Waals surface area contributed by atoms with E-state index in [1.807, 2.05) is 0 Å². The van der Waals surface area contributed by atoms with Crippen molar-refractivity contribution < 1.29 is 43.6 Å². The van der Waals surface area contributed by atoms with E-state index in [-0.39, 0.29) is 39.3 Å². The lowest BCUT2D eigenvalue weighted by molar-refractivity contribution is -0.193. The Kier molecular flexibility index (Phi) is 7.68. The van der Waals surface area contributed by atoms with Crippen LogP contribution in [0.3, 0.4) is 0 Å². The molecule has 0 bridgehead atoms. The Hall–Kier alpha value is -3.92. The first-order valence-corrected chi connectivity index (χ1v) is 12.2. The molecule has 16 heteroatoms. The molecule has 1 saturated heterocycles. The number of nitrogen functional groups attached to an aromatic ring is 1. The average Bonchev–Trinajstić information content (AvgIpc) is 3.41. The maximum atomic E-state index is 15.5. The standard InChI is InChI=1S/C24H26ClFN6O8/c1-23(32-10-28-14-17(27)29-22(25)30-18(14)32)16(26)15(33)13(40-23)9-39-24(20(35)36,21(37)38)8-11-5-4-6-12(7-11)19(34)31(2)3/h4-7,10,13,15-16,33H,8-9H2,1-3H3,(H,35,36)(H,37,38)(H2,27,29,30)/t13-,15-,16+,23-/m1/s1. The van der Waals surface area contributed by atoms with E-state index in [9.17, 15) is 29.7 Å². The van der Waals surface area contributed by atoms with Gasteiger partial charge in [-0.25, -0.2) is 19.0 Å². The third kappa shape index (κ3) is 4.92. The largest absolute Gasteiger partial charge is 0.479 e. The van der Waals surface area contributed by atoms with Crippen LogP contribution in [-0.2, 0) is 31.2 Å². The van der Waals surface area contributed by atoms with E-state index < -0.39 is 54.7 Å². The number of aliphatic hydroxyl groups excluding tert-OH is 1. The molecule has 14 nitrogen and oxygen atoms in total. The number of hydrogen-bond acceptors (Lipinski definition) is 10. The smallest absolute Gasteiger partial charge is 0.348 e. The number of imidazole rings is 1. The van der Waals surface area contributed by atoms with Crippen molar-refractivity contribution in [2.45, 2.75) is 43.1 Å². The van der Waals surface area contributed by atoms with Crippen LogP contribution in [0, 0.1) is 0 Å². The molecule has 1 aliphatic rings. The Morgan fingerprint density at radius 3 is 2.58 bits per heavy atom. The van der Waals surface area contributed by atoms with Gasteiger partial charge >= 0.3 is 11.9 Å². The van der Waals surface area contributed by atoms with Crippen LogP contribution in [0.4, 0.5) is 10.2 Å². The van der Waals surface area contributed by atoms with Crippen LogP contribution in [-0.4, -0.2) is 102 Å². The first-order chi connectivity index (χ1) is 18.7. The fourth-order valence-electron chi connectivity index (χ4n) is 4.49. The number of ether oxygens (including phenoxy) is 2. The highest BCUT2D eigenvalue weighted by Gasteiger charge is 2.56. The van der Waals surface area contributed by atoms with Crippen molar-refractivity contribution in [3.63, 3.8) is 0 Å². The lowest BCUT2D eigenvalue weighted by Crippen LogP contribution is -2.52. The number of amides is 1. The molecule has 1 amide bonds. The summed E-state index contributed by atoms with van der Waals surface area (Å²) in [7, 11) is 3.05. The fraction of sp³-hybridized carbons (Fsp3) is 0.417. The number of rotatable bonds is 9. The van der Waals surface area contributed by atoms with Crippen molar-refractivity contribution in [3.05, 3.63) is 47.0 Å². The van der Waals surface area contributed by atoms with Gasteiger partial charge in [0.05, 0.1) is 12.9 Å². The van der Waals surface area contributed by atoms with Gasteiger partial charge in [-0.15, -0.1) is 0 Å². The summed E-state index contributed by atoms with van der Waals surface area (Å²) in [5.41, 5.74) is 1.50. The molecule has 2 aromatic heterocycles. The first-order valence-electron chi connectivity index (χ1n) is 11.8. The zero-order valence-electron chi connectivity index (χ0n) is 21.5. The third-order valence-electron chi connectivity index (χ3n) is 6.67. The topological polar surface area (TPSA) is 203 Å². The molecule has 4 rings (SSSR count). The van der Waals surface area contributed by atoms with E-state index >= 15 is 4.39 Å². The van der Waals surface area contributed by atoms with Crippen molar-refractivity contribution in [1.29, 1.82) is 0 Å². The molecular formula is C24H26ClFN6O8. The minimum Gasteiger partial charge on any atom is -0.479 e. The summed E-state index contributed by atoms with van der Waals surface area (Å²) in [6.07, 6.45) is -5.02. The summed E-state index contributed by atoms with van der Waals surface area (Å²) >= 11 is 5.89. The predicted octanol–water partition coefficient (Wildman–Crippen LogP) is 0.701. The van der Waals surface area contributed by atoms with Crippen LogP contribution in [0.25, 0.3) is 11.2 Å². The number of aromatic nitrogens is 4. The fourth-order valence-corrected chi connectivity index (χ4v) is 4.66. The van der Waals surface area contributed by atoms with Crippen LogP contribution in [0.15, 0.2) is 30.6 Å². The summed E-state index contributed by atoms with van der Waals surface area (Å²) < 4.78 is 27.9. The van der Waals surface area contributed by atoms with Crippen LogP contribution in [0.5, 0.6) is 0 Å². The molecule has 1 fully saturated rings. The van der Waals surface area contributed by atoms with Gasteiger partial charge in [-0.3, -0.25) is 9.36 Å². The number of nitrogens with two attached hydrogens (primary N) is 1. The number of alkyl halides is 1. The summed E-state index contributed by atoms with van der Waals surface area (Å²) in [5, 5.41) is 30.3. The minimum atomic E-state index is -2.86. The molecule has 3 heterocycles. The van der Waals surface area contributed by atoms with Gasteiger partial charge in [0.2, 0.25) is 5.28 Å². The maximum Gasteiger partial charge on any atom is 0.348 e. The molecule has 214 valence electrons. The van der Waals surface area contributed by atoms with Crippen LogP contribution in [0.1, 0.15) is 22.8 Å². The summed E-state index contributed by atoms with van der Waals surface area (Å²) in [6.45, 7) is 0.458. The minimum absolute atomic E-state index is 0.00832. The first kappa shape index (κ1) is 29.1. The second-order valence-electron chi connectivity index (χ2n) is 9.59. The van der Waals surface area contributed by atoms with Gasteiger partial charge in [-0.2, -0.15) is 9.97 Å². The zero-order chi connectivity index (χ0) is 29.6. The zero-order valence-corrected chi connectivity index (χ0v) is 22.2. The van der Waals surface area contributed by atoms with Gasteiger partial charge in [-0.1, -0.05) is 12.1 Å². The molecule has 0 unspecified atom stereocenters. The van der Waals surface area contributed by atoms with E-state index in [1.165, 1.54) is 50.2 Å². The Morgan fingerprint density at radius 2 is 1.95 bits per heavy atom. The molecule has 0 spiro atoms. The second kappa shape index (κ2) is 10.6. The van der Waals surface area contributed by atoms with Gasteiger partial charge in [-0.05, 0) is 36.2 Å². The van der Waals surface area contributed by atoms with Gasteiger partial charge in [0.1, 0.15) is 17.7 Å². The second-order valence-corrected chi connectivity index (χ2v) is 9.93. The van der Waals surface area contributed by atoms with Crippen LogP contribution in [0.2, 0.25) is 5.28 Å². The number of carbonyl (C=O) groups excluding carboxylic acids is 1. The van der Waals surface area contributed by atoms with E-state index in [2.05, 4.69) is 15.0 Å². The Balaban J connectivity index is 1.61. The predicted molar refractivity (Wildman–Crippen MR) is 136 cm³/mol. The van der Waals surface area contributed by atoms with Crippen LogP contribution >= 0.6 is 11.6 Å². The van der Waals surface area contributed by atoms with Crippen molar-refractivity contribution in [3.8, 4) is 0 Å². The number of hydrogen-bond donors (Lipinski definition) is 4. The monoisotopic (exact) mass is 580 g/mol. The van der Waals surface area contributed by atoms with Gasteiger partial charge in [0.15, 0.2) is 23.4 Å². The van der Waals surface area contributed by atoms with Crippen molar-refractivity contribution in [2.75, 3.05) is 26.4 Å². The van der Waals surface area contributed by atoms with Crippen molar-refractivity contribution >= 4 is 46.4 Å². The van der Waals surface area contributed by atoms with Crippen molar-refractivity contribution in [2.24, 2.45) is 0 Å². The summed E-state index contributed by atoms with van der Waals surface area (Å²) in [6, 6.07) is 5.76. The highest BCUT2D eigenvalue weighted by atomic mass is 35.5. The Morgan fingerprint density at radius 1 is 1.27 bits per heavy atom. The summed E-state index contributed by atoms with van der Waals surface area (Å²) in [5.74, 6) is -4.15. The Labute approximate surface area is 231 Å². The molecule has 4 atom stereocenters. The molecule has 40 heavy (non-hydrogen) atoms. The number of aliphatic hydroxyl groups is 1. The molecule has 3 aromatic rings. The van der Waals surface area contributed by atoms with E-state index in [1.54, 1.807) is 0 Å². The number of anilines is 1. The summed E-state index contributed by atoms with van der Waals surface area (Å²) in [4.78, 5) is 50.0. The molecule has 1 aromatic carbocycles. The quantitative estimate of drug-likeness (QED) is 0.204.